The first-order valence-corrected chi connectivity index (χ1v) is 42.3. The van der Waals surface area contributed by atoms with Gasteiger partial charge in [0, 0.05) is 180 Å². The number of piperidine rings is 3. The van der Waals surface area contributed by atoms with Crippen LogP contribution in [0.15, 0.2) is 114 Å². The number of halogens is 6. The number of aromatic nitrogens is 12. The van der Waals surface area contributed by atoms with Crippen LogP contribution in [0.1, 0.15) is 101 Å². The number of nitrogens with one attached hydrogen (secondary N) is 8. The van der Waals surface area contributed by atoms with Crippen LogP contribution in [0.2, 0.25) is 25.1 Å². The van der Waals surface area contributed by atoms with Crippen molar-refractivity contribution in [1.82, 2.24) is 81.0 Å². The molecule has 5 saturated heterocycles. The normalized spacial score (nSPS) is 17.7. The molecule has 35 heteroatoms. The summed E-state index contributed by atoms with van der Waals surface area (Å²) in [6.07, 6.45) is 20.8. The Kier molecular flexibility index (Phi) is 28.8. The number of amides is 4. The lowest BCUT2D eigenvalue weighted by atomic mass is 9.87. The van der Waals surface area contributed by atoms with E-state index in [-0.39, 0.29) is 17.9 Å². The summed E-state index contributed by atoms with van der Waals surface area (Å²) in [7, 11) is 3.74. The van der Waals surface area contributed by atoms with Crippen molar-refractivity contribution in [2.45, 2.75) is 95.8 Å². The second kappa shape index (κ2) is 38.6. The molecule has 608 valence electrons. The Morgan fingerprint density at radius 1 is 0.596 bits per heavy atom. The minimum Gasteiger partial charge on any atom is -0.388 e. The Balaban J connectivity index is 0.000000128. The second-order valence-electron chi connectivity index (χ2n) is 29.6. The highest BCUT2D eigenvalue weighted by molar-refractivity contribution is 9.10. The number of urea groups is 1. The second-order valence-corrected chi connectivity index (χ2v) is 34.8. The van der Waals surface area contributed by atoms with Gasteiger partial charge in [-0.05, 0) is 178 Å². The van der Waals surface area contributed by atoms with Crippen LogP contribution in [0.25, 0.3) is 65.4 Å². The minimum atomic E-state index is -3.14. The molecule has 0 radical (unpaired) electrons. The molecule has 6 aromatic carbocycles. The van der Waals surface area contributed by atoms with Gasteiger partial charge >= 0.3 is 6.03 Å². The first kappa shape index (κ1) is 85.0. The maximum atomic E-state index is 12.0. The Morgan fingerprint density at radius 3 is 1.52 bits per heavy atom. The summed E-state index contributed by atoms with van der Waals surface area (Å²) in [4.78, 5) is 43.5. The zero-order chi connectivity index (χ0) is 81.0. The molecule has 0 saturated carbocycles. The number of fused-ring (bicyclic) bond motifs is 6. The molecule has 1 spiro atoms. The van der Waals surface area contributed by atoms with E-state index in [1.807, 2.05) is 105 Å². The number of imide groups is 1. The first-order valence-electron chi connectivity index (χ1n) is 37.8. The number of carbonyl (C=O) groups is 3. The van der Waals surface area contributed by atoms with E-state index < -0.39 is 27.7 Å². The first-order chi connectivity index (χ1) is 54.7. The van der Waals surface area contributed by atoms with E-state index >= 15 is 0 Å². The highest BCUT2D eigenvalue weighted by Gasteiger charge is 2.48. The molecule has 5 aliphatic rings. The van der Waals surface area contributed by atoms with Gasteiger partial charge in [0.05, 0.1) is 95.4 Å². The highest BCUT2D eigenvalue weighted by Crippen LogP contribution is 2.39. The number of anilines is 3. The molecule has 5 aliphatic heterocycles. The van der Waals surface area contributed by atoms with E-state index in [9.17, 15) is 27.9 Å². The zero-order valence-electron chi connectivity index (χ0n) is 64.4. The van der Waals surface area contributed by atoms with Gasteiger partial charge in [0.25, 0.3) is 5.91 Å². The number of aliphatic hydroxyl groups excluding tert-OH is 1. The number of hydrogen-bond acceptors (Lipinski definition) is 18. The van der Waals surface area contributed by atoms with Crippen molar-refractivity contribution < 1.29 is 42.1 Å². The van der Waals surface area contributed by atoms with E-state index in [1.165, 1.54) is 16.1 Å². The van der Waals surface area contributed by atoms with Gasteiger partial charge in [0.15, 0.2) is 0 Å². The third-order valence-electron chi connectivity index (χ3n) is 21.7. The molecule has 4 atom stereocenters. The number of methoxy groups -OCH3 is 2. The SMILES string of the molecule is CC(=O)N(C)CC1CCCN(c2cc(Cl)cc3[nH]ncc23)C1.CN(CC1CCCN(c2cc(Cl)cc3[nH]ncc23)C1)S(C)(=O)=O.COC(C)c1cc(Cl)cc2[nH]ncc12.COCCc1cc(Cl)cc2[nH]ncc12.O=C1NC(=O)C2(CCN(c3cc(Br)cc4[nH]ncc34)CC2)N1.OC(CC1CCOCC1)c1cc(Cl)cc2[nH]ncc12. The number of rotatable bonds is 16. The van der Waals surface area contributed by atoms with Gasteiger partial charge in [-0.25, -0.2) is 17.5 Å². The van der Waals surface area contributed by atoms with Crippen molar-refractivity contribution in [2.24, 2.45) is 17.8 Å². The number of nitrogens with zero attached hydrogens (tertiary/aromatic N) is 11. The number of aromatic amines is 6. The van der Waals surface area contributed by atoms with Crippen LogP contribution in [-0.4, -0.2) is 214 Å². The van der Waals surface area contributed by atoms with Crippen LogP contribution in [0, 0.1) is 17.8 Å². The molecule has 28 nitrogen and oxygen atoms in total. The molecule has 12 aromatic rings. The molecular weight excluding hydrogens is 1650 g/mol. The largest absolute Gasteiger partial charge is 0.388 e. The van der Waals surface area contributed by atoms with Gasteiger partial charge in [0.1, 0.15) is 5.54 Å². The molecule has 4 amide bonds. The van der Waals surface area contributed by atoms with E-state index in [2.05, 4.69) is 109 Å². The summed E-state index contributed by atoms with van der Waals surface area (Å²) < 4.78 is 41.3. The summed E-state index contributed by atoms with van der Waals surface area (Å²) in [5.74, 6) is 1.23. The number of ether oxygens (including phenoxy) is 3. The van der Waals surface area contributed by atoms with E-state index in [4.69, 9.17) is 72.2 Å². The number of hydrogen-bond donors (Lipinski definition) is 9. The molecule has 5 fully saturated rings. The Labute approximate surface area is 693 Å². The van der Waals surface area contributed by atoms with Crippen molar-refractivity contribution >= 4 is 184 Å². The van der Waals surface area contributed by atoms with Gasteiger partial charge in [-0.15, -0.1) is 0 Å². The zero-order valence-corrected chi connectivity index (χ0v) is 70.6. The molecule has 6 aromatic heterocycles. The van der Waals surface area contributed by atoms with Crippen molar-refractivity contribution in [3.63, 3.8) is 0 Å². The van der Waals surface area contributed by atoms with Crippen molar-refractivity contribution in [2.75, 3.05) is 121 Å². The fraction of sp³-hybridized carbons (Fsp3) is 0.430. The van der Waals surface area contributed by atoms with Gasteiger partial charge in [-0.2, -0.15) is 30.6 Å². The lowest BCUT2D eigenvalue weighted by molar-refractivity contribution is -0.128. The summed E-state index contributed by atoms with van der Waals surface area (Å²) in [6.45, 7) is 12.4. The smallest absolute Gasteiger partial charge is 0.322 e. The van der Waals surface area contributed by atoms with E-state index in [0.29, 0.717) is 71.9 Å². The van der Waals surface area contributed by atoms with Crippen LogP contribution in [-0.2, 0) is 40.2 Å². The fourth-order valence-electron chi connectivity index (χ4n) is 15.4. The number of benzene rings is 6. The number of H-pyrrole nitrogens is 6. The van der Waals surface area contributed by atoms with Gasteiger partial charge < -0.3 is 44.2 Å². The van der Waals surface area contributed by atoms with E-state index in [0.717, 1.165) is 205 Å². The molecular formula is C79H95BrCl5N19O9S. The molecule has 0 aliphatic carbocycles. The van der Waals surface area contributed by atoms with Gasteiger partial charge in [-0.1, -0.05) is 73.9 Å². The lowest BCUT2D eigenvalue weighted by Gasteiger charge is -2.38. The Morgan fingerprint density at radius 2 is 1.04 bits per heavy atom. The number of aliphatic hydroxyl groups is 1. The predicted molar refractivity (Wildman–Crippen MR) is 455 cm³/mol. The number of carbonyl (C=O) groups excluding carboxylic acids is 3. The summed E-state index contributed by atoms with van der Waals surface area (Å²) in [5.41, 5.74) is 11.3. The molecule has 4 unspecified atom stereocenters. The lowest BCUT2D eigenvalue weighted by Crippen LogP contribution is -2.54. The highest BCUT2D eigenvalue weighted by atomic mass is 79.9. The third kappa shape index (κ3) is 21.3. The quantitative estimate of drug-likeness (QED) is 0.0406. The maximum absolute atomic E-state index is 12.0. The Hall–Kier alpha value is -8.37. The molecule has 9 N–H and O–H groups in total. The summed E-state index contributed by atoms with van der Waals surface area (Å²) in [6, 6.07) is 22.7. The summed E-state index contributed by atoms with van der Waals surface area (Å²) >= 11 is 34.0. The maximum Gasteiger partial charge on any atom is 0.322 e. The number of sulfonamides is 1. The Bertz CT molecular complexity index is 5410. The average Bonchev–Trinajstić information content (AvgIpc) is 1.59. The van der Waals surface area contributed by atoms with Crippen molar-refractivity contribution in [1.29, 1.82) is 0 Å². The van der Waals surface area contributed by atoms with Gasteiger partial charge in [-0.3, -0.25) is 45.5 Å². The molecule has 114 heavy (non-hydrogen) atoms. The van der Waals surface area contributed by atoms with Crippen LogP contribution in [0.4, 0.5) is 21.9 Å². The monoisotopic (exact) mass is 1740 g/mol. The fourth-order valence-corrected chi connectivity index (χ4v) is 17.5. The van der Waals surface area contributed by atoms with Gasteiger partial charge in [0.2, 0.25) is 15.9 Å². The van der Waals surface area contributed by atoms with Crippen LogP contribution < -0.4 is 25.3 Å². The topological polar surface area (TPSA) is 346 Å². The minimum absolute atomic E-state index is 0.0220. The van der Waals surface area contributed by atoms with Crippen LogP contribution in [0.3, 0.4) is 0 Å². The molecule has 17 rings (SSSR count). The third-order valence-corrected chi connectivity index (χ3v) is 24.5. The standard InChI is InChI=1S/C16H21ClN4O.C15H21ClN4O2S.C14H14BrN5O2.C14H17ClN2O2.2C10H11ClN2O/c1-11(22)20(2)9-12-4-3-5-21(10-12)16-7-13(17)6-15-14(16)8-18-19-15;1-19(23(2,21)22)9-11-4-3-5-20(10-11)15-7-12(16)6-14-13(15)8-17-18-14;15-8-5-10-9(7-16-19-10)11(6-8)20-3-1-14(2-4-20)12(21)17-13(22)18-14;15-10-6-11(12-8-16-17-13(12)7-10)14(18)5-9-1-3-19-4-2-9;1-6(14-2)8-3-7(11)4-10-9(8)5-12-13-10;1-14-3-2-7-4-8(11)5-10-9(7)6-12-13-10/h6-8,12H,3-5,9-10H2,1-2H3,(H,18,19);6-8,11H,3-5,9-10H2,1-2H3,(H,17,18);5-7H,1-4H2,(H,16,19)(H2,17,18,21,22);6-9,14,18H,1-5H2,(H,16,17);3-6H,1-2H3,(H,12,13);4-6H,2-3H2,1H3,(H,12,13). The van der Waals surface area contributed by atoms with Crippen LogP contribution in [0.5, 0.6) is 0 Å². The predicted octanol–water partition coefficient (Wildman–Crippen LogP) is 15.1. The average molecular weight is 1740 g/mol. The van der Waals surface area contributed by atoms with Crippen molar-refractivity contribution in [3.8, 4) is 0 Å². The van der Waals surface area contributed by atoms with Crippen LogP contribution >= 0.6 is 73.9 Å². The molecule has 0 bridgehead atoms. The summed E-state index contributed by atoms with van der Waals surface area (Å²) in [5, 5.41) is 67.3. The van der Waals surface area contributed by atoms with E-state index in [1.54, 1.807) is 45.5 Å². The molecule has 11 heterocycles. The van der Waals surface area contributed by atoms with Crippen molar-refractivity contribution in [3.05, 3.63) is 156 Å².